The van der Waals surface area contributed by atoms with Crippen molar-refractivity contribution in [3.05, 3.63) is 63.0 Å². The average molecular weight is 338 g/mol. The Morgan fingerprint density at radius 1 is 1.30 bits per heavy atom. The number of carbonyl (C=O) groups is 1. The Morgan fingerprint density at radius 2 is 2.10 bits per heavy atom. The molecule has 0 aliphatic heterocycles. The van der Waals surface area contributed by atoms with E-state index in [4.69, 9.17) is 9.84 Å². The van der Waals surface area contributed by atoms with Crippen molar-refractivity contribution >= 4 is 21.9 Å². The first-order valence-corrected chi connectivity index (χ1v) is 6.68. The fraction of sp³-hybridized carbons (Fsp3) is 0.143. The predicted octanol–water partition coefficient (Wildman–Crippen LogP) is 2.39. The van der Waals surface area contributed by atoms with Crippen molar-refractivity contribution in [1.82, 2.24) is 4.57 Å². The third kappa shape index (κ3) is 3.48. The summed E-state index contributed by atoms with van der Waals surface area (Å²) in [5, 5.41) is 8.87. The lowest BCUT2D eigenvalue weighted by molar-refractivity contribution is 0.0694. The van der Waals surface area contributed by atoms with Crippen LogP contribution in [0.2, 0.25) is 0 Å². The van der Waals surface area contributed by atoms with Gasteiger partial charge in [0.25, 0.3) is 5.56 Å². The van der Waals surface area contributed by atoms with Crippen LogP contribution in [-0.2, 0) is 6.54 Å². The van der Waals surface area contributed by atoms with Crippen molar-refractivity contribution in [3.8, 4) is 5.75 Å². The lowest BCUT2D eigenvalue weighted by Gasteiger charge is -2.09. The van der Waals surface area contributed by atoms with E-state index in [1.54, 1.807) is 12.3 Å². The van der Waals surface area contributed by atoms with Crippen molar-refractivity contribution in [2.24, 2.45) is 0 Å². The molecule has 20 heavy (non-hydrogen) atoms. The van der Waals surface area contributed by atoms with Crippen LogP contribution in [0.15, 0.2) is 51.9 Å². The third-order valence-corrected chi connectivity index (χ3v) is 3.14. The monoisotopic (exact) mass is 337 g/mol. The number of hydrogen-bond donors (Lipinski definition) is 1. The summed E-state index contributed by atoms with van der Waals surface area (Å²) in [5.41, 5.74) is -0.771. The molecule has 104 valence electrons. The SMILES string of the molecule is O=C(O)c1cccn(CCOc2cccc(Br)c2)c1=O. The Kier molecular flexibility index (Phi) is 4.57. The summed E-state index contributed by atoms with van der Waals surface area (Å²) in [6, 6.07) is 10.2. The van der Waals surface area contributed by atoms with Crippen LogP contribution in [0.4, 0.5) is 0 Å². The maximum atomic E-state index is 11.8. The van der Waals surface area contributed by atoms with E-state index in [0.717, 1.165) is 4.47 Å². The highest BCUT2D eigenvalue weighted by molar-refractivity contribution is 9.10. The minimum Gasteiger partial charge on any atom is -0.492 e. The van der Waals surface area contributed by atoms with Crippen LogP contribution < -0.4 is 10.3 Å². The molecule has 1 aromatic carbocycles. The van der Waals surface area contributed by atoms with Crippen molar-refractivity contribution in [2.45, 2.75) is 6.54 Å². The Bertz CT molecular complexity index is 681. The number of ether oxygens (including phenoxy) is 1. The molecule has 1 aromatic heterocycles. The second-order valence-electron chi connectivity index (χ2n) is 4.03. The van der Waals surface area contributed by atoms with E-state index in [9.17, 15) is 9.59 Å². The molecule has 0 fully saturated rings. The summed E-state index contributed by atoms with van der Waals surface area (Å²) in [5.74, 6) is -0.543. The number of carboxylic acids is 1. The fourth-order valence-electron chi connectivity index (χ4n) is 1.69. The number of nitrogens with zero attached hydrogens (tertiary/aromatic N) is 1. The molecule has 0 bridgehead atoms. The van der Waals surface area contributed by atoms with Crippen LogP contribution in [0.25, 0.3) is 0 Å². The van der Waals surface area contributed by atoms with E-state index < -0.39 is 11.5 Å². The van der Waals surface area contributed by atoms with E-state index in [0.29, 0.717) is 5.75 Å². The number of pyridine rings is 1. The van der Waals surface area contributed by atoms with Crippen molar-refractivity contribution in [2.75, 3.05) is 6.61 Å². The summed E-state index contributed by atoms with van der Waals surface area (Å²) in [6.45, 7) is 0.561. The smallest absolute Gasteiger partial charge is 0.341 e. The molecular weight excluding hydrogens is 326 g/mol. The van der Waals surface area contributed by atoms with Gasteiger partial charge in [0, 0.05) is 10.7 Å². The average Bonchev–Trinajstić information content (AvgIpc) is 2.40. The molecule has 5 nitrogen and oxygen atoms in total. The number of rotatable bonds is 5. The zero-order valence-corrected chi connectivity index (χ0v) is 12.0. The first kappa shape index (κ1) is 14.3. The Morgan fingerprint density at radius 3 is 2.80 bits per heavy atom. The molecule has 0 unspecified atom stereocenters. The first-order valence-electron chi connectivity index (χ1n) is 5.89. The van der Waals surface area contributed by atoms with Gasteiger partial charge in [-0.2, -0.15) is 0 Å². The van der Waals surface area contributed by atoms with Gasteiger partial charge in [0.05, 0.1) is 6.54 Å². The largest absolute Gasteiger partial charge is 0.492 e. The Hall–Kier alpha value is -2.08. The van der Waals surface area contributed by atoms with E-state index in [1.165, 1.54) is 16.7 Å². The van der Waals surface area contributed by atoms with Gasteiger partial charge in [-0.15, -0.1) is 0 Å². The second-order valence-corrected chi connectivity index (χ2v) is 4.95. The third-order valence-electron chi connectivity index (χ3n) is 2.65. The topological polar surface area (TPSA) is 68.5 Å². The Balaban J connectivity index is 2.03. The minimum absolute atomic E-state index is 0.241. The van der Waals surface area contributed by atoms with Gasteiger partial charge in [-0.25, -0.2) is 4.79 Å². The Labute approximate surface area is 123 Å². The molecule has 0 aliphatic rings. The number of hydrogen-bond acceptors (Lipinski definition) is 3. The van der Waals surface area contributed by atoms with Gasteiger partial charge in [-0.05, 0) is 30.3 Å². The van der Waals surface area contributed by atoms with E-state index >= 15 is 0 Å². The van der Waals surface area contributed by atoms with Crippen molar-refractivity contribution in [3.63, 3.8) is 0 Å². The van der Waals surface area contributed by atoms with Crippen LogP contribution >= 0.6 is 15.9 Å². The van der Waals surface area contributed by atoms with Crippen molar-refractivity contribution in [1.29, 1.82) is 0 Å². The molecule has 2 aromatic rings. The molecule has 0 aliphatic carbocycles. The van der Waals surface area contributed by atoms with E-state index in [2.05, 4.69) is 15.9 Å². The van der Waals surface area contributed by atoms with Crippen LogP contribution in [0.3, 0.4) is 0 Å². The molecule has 0 radical (unpaired) electrons. The van der Waals surface area contributed by atoms with Crippen LogP contribution in [-0.4, -0.2) is 22.2 Å². The van der Waals surface area contributed by atoms with Gasteiger partial charge in [0.2, 0.25) is 0 Å². The molecule has 1 N–H and O–H groups in total. The molecule has 0 amide bonds. The highest BCUT2D eigenvalue weighted by Crippen LogP contribution is 2.17. The normalized spacial score (nSPS) is 10.2. The van der Waals surface area contributed by atoms with Gasteiger partial charge < -0.3 is 14.4 Å². The van der Waals surface area contributed by atoms with Crippen molar-refractivity contribution < 1.29 is 14.6 Å². The second kappa shape index (κ2) is 6.38. The van der Waals surface area contributed by atoms with Gasteiger partial charge >= 0.3 is 5.97 Å². The number of halogens is 1. The van der Waals surface area contributed by atoms with Gasteiger partial charge in [0.15, 0.2) is 0 Å². The maximum absolute atomic E-state index is 11.8. The zero-order valence-electron chi connectivity index (χ0n) is 10.5. The van der Waals surface area contributed by atoms with Crippen LogP contribution in [0.1, 0.15) is 10.4 Å². The van der Waals surface area contributed by atoms with Gasteiger partial charge in [-0.3, -0.25) is 4.79 Å². The molecule has 0 atom stereocenters. The highest BCUT2D eigenvalue weighted by atomic mass is 79.9. The summed E-state index contributed by atoms with van der Waals surface area (Å²) >= 11 is 3.34. The molecule has 0 saturated heterocycles. The number of carboxylic acid groups (broad SMARTS) is 1. The van der Waals surface area contributed by atoms with Gasteiger partial charge in [0.1, 0.15) is 17.9 Å². The predicted molar refractivity (Wildman–Crippen MR) is 77.3 cm³/mol. The summed E-state index contributed by atoms with van der Waals surface area (Å²) in [4.78, 5) is 22.7. The molecule has 2 rings (SSSR count). The molecule has 6 heteroatoms. The molecule has 1 heterocycles. The van der Waals surface area contributed by atoms with Crippen LogP contribution in [0, 0.1) is 0 Å². The van der Waals surface area contributed by atoms with E-state index in [1.807, 2.05) is 18.2 Å². The first-order chi connectivity index (χ1) is 9.58. The molecule has 0 saturated carbocycles. The zero-order chi connectivity index (χ0) is 14.5. The maximum Gasteiger partial charge on any atom is 0.341 e. The summed E-state index contributed by atoms with van der Waals surface area (Å²) in [7, 11) is 0. The molecule has 0 spiro atoms. The lowest BCUT2D eigenvalue weighted by Crippen LogP contribution is -2.27. The van der Waals surface area contributed by atoms with Gasteiger partial charge in [-0.1, -0.05) is 22.0 Å². The van der Waals surface area contributed by atoms with E-state index in [-0.39, 0.29) is 18.7 Å². The number of aromatic carboxylic acids is 1. The standard InChI is InChI=1S/C14H12BrNO4/c15-10-3-1-4-11(9-10)20-8-7-16-6-2-5-12(13(16)17)14(18)19/h1-6,9H,7-8H2,(H,18,19). The summed E-state index contributed by atoms with van der Waals surface area (Å²) < 4.78 is 7.73. The summed E-state index contributed by atoms with van der Waals surface area (Å²) in [6.07, 6.45) is 1.54. The lowest BCUT2D eigenvalue weighted by atomic mass is 10.3. The highest BCUT2D eigenvalue weighted by Gasteiger charge is 2.09. The fourth-order valence-corrected chi connectivity index (χ4v) is 2.07. The minimum atomic E-state index is -1.22. The number of aromatic nitrogens is 1. The van der Waals surface area contributed by atoms with Crippen LogP contribution in [0.5, 0.6) is 5.75 Å². The quantitative estimate of drug-likeness (QED) is 0.909. The number of benzene rings is 1. The molecular formula is C14H12BrNO4.